The fourth-order valence-corrected chi connectivity index (χ4v) is 2.96. The molecule has 140 valence electrons. The zero-order valence-corrected chi connectivity index (χ0v) is 15.9. The number of aromatic nitrogens is 2. The van der Waals surface area contributed by atoms with Crippen molar-refractivity contribution in [1.29, 1.82) is 5.26 Å². The molecule has 1 amide bonds. The molecule has 28 heavy (non-hydrogen) atoms. The van der Waals surface area contributed by atoms with Crippen LogP contribution in [0.2, 0.25) is 0 Å². The van der Waals surface area contributed by atoms with Crippen LogP contribution in [0.3, 0.4) is 0 Å². The minimum Gasteiger partial charge on any atom is -0.364 e. The topological polar surface area (TPSA) is 117 Å². The van der Waals surface area contributed by atoms with Crippen molar-refractivity contribution in [1.82, 2.24) is 9.97 Å². The van der Waals surface area contributed by atoms with E-state index < -0.39 is 5.91 Å². The Balaban J connectivity index is 1.95. The largest absolute Gasteiger partial charge is 0.364 e. The minimum atomic E-state index is -0.648. The van der Waals surface area contributed by atoms with E-state index in [1.54, 1.807) is 24.3 Å². The Morgan fingerprint density at radius 3 is 2.21 bits per heavy atom. The zero-order valence-electron chi connectivity index (χ0n) is 15.9. The van der Waals surface area contributed by atoms with Gasteiger partial charge in [0.2, 0.25) is 5.95 Å². The quantitative estimate of drug-likeness (QED) is 0.626. The summed E-state index contributed by atoms with van der Waals surface area (Å²) in [5.41, 5.74) is 11.0. The second-order valence-corrected chi connectivity index (χ2v) is 6.54. The van der Waals surface area contributed by atoms with Crippen LogP contribution in [0, 0.1) is 32.1 Å². The van der Waals surface area contributed by atoms with Gasteiger partial charge >= 0.3 is 0 Å². The van der Waals surface area contributed by atoms with Gasteiger partial charge in [-0.3, -0.25) is 4.79 Å². The predicted molar refractivity (Wildman–Crippen MR) is 109 cm³/mol. The SMILES string of the molecule is Cc1cc(C)c(Nc2cc(C(N)=O)nc(Nc3ccc(C#N)cc3)n2)c(C)c1. The lowest BCUT2D eigenvalue weighted by molar-refractivity contribution is 0.0995. The number of amides is 1. The summed E-state index contributed by atoms with van der Waals surface area (Å²) in [4.78, 5) is 20.3. The molecule has 4 N–H and O–H groups in total. The molecule has 1 heterocycles. The summed E-state index contributed by atoms with van der Waals surface area (Å²) in [6.45, 7) is 6.06. The van der Waals surface area contributed by atoms with E-state index in [-0.39, 0.29) is 11.6 Å². The second kappa shape index (κ2) is 7.76. The van der Waals surface area contributed by atoms with E-state index in [0.717, 1.165) is 16.8 Å². The molecule has 2 aromatic carbocycles. The molecule has 0 saturated carbocycles. The average molecular weight is 372 g/mol. The van der Waals surface area contributed by atoms with Crippen LogP contribution in [0.4, 0.5) is 23.1 Å². The lowest BCUT2D eigenvalue weighted by Gasteiger charge is -2.15. The number of primary amides is 1. The van der Waals surface area contributed by atoms with Crippen LogP contribution in [0.5, 0.6) is 0 Å². The van der Waals surface area contributed by atoms with Gasteiger partial charge in [0.1, 0.15) is 11.5 Å². The summed E-state index contributed by atoms with van der Waals surface area (Å²) in [5, 5.41) is 15.2. The van der Waals surface area contributed by atoms with Gasteiger partial charge in [0.05, 0.1) is 11.6 Å². The third kappa shape index (κ3) is 4.24. The molecule has 0 saturated heterocycles. The summed E-state index contributed by atoms with van der Waals surface area (Å²) in [5.74, 6) is 0.0339. The first-order chi connectivity index (χ1) is 13.4. The highest BCUT2D eigenvalue weighted by Crippen LogP contribution is 2.26. The van der Waals surface area contributed by atoms with Crippen LogP contribution in [-0.2, 0) is 0 Å². The maximum atomic E-state index is 11.7. The van der Waals surface area contributed by atoms with E-state index >= 15 is 0 Å². The van der Waals surface area contributed by atoms with Crippen LogP contribution in [0.15, 0.2) is 42.5 Å². The Morgan fingerprint density at radius 1 is 1.00 bits per heavy atom. The van der Waals surface area contributed by atoms with Gasteiger partial charge < -0.3 is 16.4 Å². The van der Waals surface area contributed by atoms with Crippen molar-refractivity contribution in [3.05, 3.63) is 70.4 Å². The zero-order chi connectivity index (χ0) is 20.3. The molecule has 0 radical (unpaired) electrons. The maximum absolute atomic E-state index is 11.7. The first-order valence-corrected chi connectivity index (χ1v) is 8.66. The van der Waals surface area contributed by atoms with Gasteiger partial charge in [-0.25, -0.2) is 4.98 Å². The number of anilines is 4. The molecule has 0 fully saturated rings. The summed E-state index contributed by atoms with van der Waals surface area (Å²) >= 11 is 0. The first kappa shape index (κ1) is 18.9. The van der Waals surface area contributed by atoms with Gasteiger partial charge in [0, 0.05) is 17.4 Å². The van der Waals surface area contributed by atoms with Gasteiger partial charge in [-0.05, 0) is 56.2 Å². The fraction of sp³-hybridized carbons (Fsp3) is 0.143. The summed E-state index contributed by atoms with van der Waals surface area (Å²) in [6.07, 6.45) is 0. The summed E-state index contributed by atoms with van der Waals surface area (Å²) in [7, 11) is 0. The summed E-state index contributed by atoms with van der Waals surface area (Å²) < 4.78 is 0. The molecule has 0 unspecified atom stereocenters. The van der Waals surface area contributed by atoms with E-state index in [0.29, 0.717) is 17.1 Å². The van der Waals surface area contributed by atoms with Crippen LogP contribution >= 0.6 is 0 Å². The van der Waals surface area contributed by atoms with E-state index in [4.69, 9.17) is 11.0 Å². The van der Waals surface area contributed by atoms with Crippen molar-refractivity contribution in [2.24, 2.45) is 5.73 Å². The van der Waals surface area contributed by atoms with E-state index in [9.17, 15) is 4.79 Å². The Labute approximate surface area is 163 Å². The molecular weight excluding hydrogens is 352 g/mol. The van der Waals surface area contributed by atoms with E-state index in [2.05, 4.69) is 38.8 Å². The number of carbonyl (C=O) groups is 1. The molecule has 3 rings (SSSR count). The van der Waals surface area contributed by atoms with Crippen molar-refractivity contribution in [2.45, 2.75) is 20.8 Å². The number of carbonyl (C=O) groups excluding carboxylic acids is 1. The lowest BCUT2D eigenvalue weighted by atomic mass is 10.1. The number of hydrogen-bond acceptors (Lipinski definition) is 6. The van der Waals surface area contributed by atoms with Crippen molar-refractivity contribution in [2.75, 3.05) is 10.6 Å². The Hall–Kier alpha value is -3.92. The molecule has 0 aliphatic carbocycles. The molecule has 0 aliphatic rings. The normalized spacial score (nSPS) is 10.2. The standard InChI is InChI=1S/C21H20N6O/c1-12-8-13(2)19(14(3)9-12)26-18-10-17(20(23)28)25-21(27-18)24-16-6-4-15(11-22)5-7-16/h4-10H,1-3H3,(H2,23,28)(H2,24,25,26,27). The monoisotopic (exact) mass is 372 g/mol. The Bertz CT molecular complexity index is 1060. The number of rotatable bonds is 5. The molecule has 0 spiro atoms. The predicted octanol–water partition coefficient (Wildman–Crippen LogP) is 3.86. The van der Waals surface area contributed by atoms with Crippen molar-refractivity contribution >= 4 is 29.0 Å². The number of nitriles is 1. The van der Waals surface area contributed by atoms with Crippen molar-refractivity contribution in [3.8, 4) is 6.07 Å². The molecule has 0 atom stereocenters. The highest BCUT2D eigenvalue weighted by atomic mass is 16.1. The fourth-order valence-electron chi connectivity index (χ4n) is 2.96. The molecule has 1 aromatic heterocycles. The maximum Gasteiger partial charge on any atom is 0.267 e. The van der Waals surface area contributed by atoms with Crippen LogP contribution in [0.25, 0.3) is 0 Å². The lowest BCUT2D eigenvalue weighted by Crippen LogP contribution is -2.15. The molecular formula is C21H20N6O. The van der Waals surface area contributed by atoms with E-state index in [1.165, 1.54) is 11.6 Å². The summed E-state index contributed by atoms with van der Waals surface area (Å²) in [6, 6.07) is 14.6. The smallest absolute Gasteiger partial charge is 0.267 e. The number of nitrogens with zero attached hydrogens (tertiary/aromatic N) is 3. The van der Waals surface area contributed by atoms with E-state index in [1.807, 2.05) is 20.8 Å². The number of nitrogens with two attached hydrogens (primary N) is 1. The van der Waals surface area contributed by atoms with Gasteiger partial charge in [-0.15, -0.1) is 0 Å². The third-order valence-corrected chi connectivity index (χ3v) is 4.18. The highest BCUT2D eigenvalue weighted by molar-refractivity contribution is 5.92. The molecule has 7 heteroatoms. The van der Waals surface area contributed by atoms with Crippen LogP contribution < -0.4 is 16.4 Å². The van der Waals surface area contributed by atoms with Crippen LogP contribution in [-0.4, -0.2) is 15.9 Å². The second-order valence-electron chi connectivity index (χ2n) is 6.54. The number of hydrogen-bond donors (Lipinski definition) is 3. The first-order valence-electron chi connectivity index (χ1n) is 8.66. The molecule has 0 aliphatic heterocycles. The van der Waals surface area contributed by atoms with Gasteiger partial charge in [-0.2, -0.15) is 10.2 Å². The van der Waals surface area contributed by atoms with Gasteiger partial charge in [-0.1, -0.05) is 17.7 Å². The number of aryl methyl sites for hydroxylation is 3. The van der Waals surface area contributed by atoms with Gasteiger partial charge in [0.15, 0.2) is 0 Å². The molecule has 3 aromatic rings. The van der Waals surface area contributed by atoms with Crippen molar-refractivity contribution < 1.29 is 4.79 Å². The number of benzene rings is 2. The molecule has 0 bridgehead atoms. The van der Waals surface area contributed by atoms with Gasteiger partial charge in [0.25, 0.3) is 5.91 Å². The Morgan fingerprint density at radius 2 is 1.64 bits per heavy atom. The Kier molecular flexibility index (Phi) is 5.23. The molecule has 7 nitrogen and oxygen atoms in total. The van der Waals surface area contributed by atoms with Crippen molar-refractivity contribution in [3.63, 3.8) is 0 Å². The minimum absolute atomic E-state index is 0.0936. The highest BCUT2D eigenvalue weighted by Gasteiger charge is 2.12. The average Bonchev–Trinajstić information content (AvgIpc) is 2.65. The van der Waals surface area contributed by atoms with Crippen LogP contribution in [0.1, 0.15) is 32.7 Å². The number of nitrogens with one attached hydrogen (secondary N) is 2. The third-order valence-electron chi connectivity index (χ3n) is 4.18.